The normalized spacial score (nSPS) is 11.2. The Morgan fingerprint density at radius 3 is 2.81 bits per heavy atom. The van der Waals surface area contributed by atoms with Crippen LogP contribution in [0.3, 0.4) is 0 Å². The smallest absolute Gasteiger partial charge is 0.271 e. The summed E-state index contributed by atoms with van der Waals surface area (Å²) in [6, 6.07) is 6.80. The van der Waals surface area contributed by atoms with Gasteiger partial charge in [0.05, 0.1) is 9.95 Å². The summed E-state index contributed by atoms with van der Waals surface area (Å²) < 4.78 is 5.49. The summed E-state index contributed by atoms with van der Waals surface area (Å²) >= 11 is 5.92. The van der Waals surface area contributed by atoms with Crippen molar-refractivity contribution >= 4 is 23.1 Å². The quantitative estimate of drug-likeness (QED) is 0.294. The zero-order valence-corrected chi connectivity index (χ0v) is 11.2. The zero-order chi connectivity index (χ0) is 15.4. The van der Waals surface area contributed by atoms with Crippen molar-refractivity contribution in [2.75, 3.05) is 0 Å². The molecule has 0 radical (unpaired) electrons. The number of ether oxygens (including phenoxy) is 1. The van der Waals surface area contributed by atoms with Crippen molar-refractivity contribution in [3.63, 3.8) is 0 Å². The van der Waals surface area contributed by atoms with Gasteiger partial charge in [-0.3, -0.25) is 15.1 Å². The van der Waals surface area contributed by atoms with Crippen LogP contribution in [0.15, 0.2) is 41.7 Å². The first-order valence-electron chi connectivity index (χ1n) is 5.57. The number of nitro benzene ring substituents is 1. The van der Waals surface area contributed by atoms with Crippen molar-refractivity contribution in [3.05, 3.63) is 57.4 Å². The van der Waals surface area contributed by atoms with E-state index in [0.717, 1.165) is 0 Å². The molecule has 0 unspecified atom stereocenters. The molecule has 1 aromatic carbocycles. The van der Waals surface area contributed by atoms with Crippen molar-refractivity contribution in [2.45, 2.75) is 0 Å². The molecule has 0 saturated carbocycles. The van der Waals surface area contributed by atoms with Crippen LogP contribution < -0.4 is 10.5 Å². The van der Waals surface area contributed by atoms with E-state index in [0.29, 0.717) is 5.75 Å². The van der Waals surface area contributed by atoms with Gasteiger partial charge < -0.3 is 15.7 Å². The van der Waals surface area contributed by atoms with Gasteiger partial charge in [-0.05, 0) is 12.1 Å². The number of oxime groups is 1. The van der Waals surface area contributed by atoms with Crippen LogP contribution in [0.5, 0.6) is 11.5 Å². The van der Waals surface area contributed by atoms with Gasteiger partial charge in [0.1, 0.15) is 17.2 Å². The molecule has 8 nitrogen and oxygen atoms in total. The fraction of sp³-hybridized carbons (Fsp3) is 0. The Labute approximate surface area is 123 Å². The van der Waals surface area contributed by atoms with Crippen molar-refractivity contribution < 1.29 is 14.9 Å². The second-order valence-corrected chi connectivity index (χ2v) is 4.24. The van der Waals surface area contributed by atoms with Crippen LogP contribution in [0.25, 0.3) is 0 Å². The summed E-state index contributed by atoms with van der Waals surface area (Å²) in [6.45, 7) is 0. The molecule has 0 aliphatic carbocycles. The van der Waals surface area contributed by atoms with E-state index in [9.17, 15) is 10.1 Å². The minimum absolute atomic E-state index is 0.0892. The molecular weight excluding hydrogens is 300 g/mol. The maximum absolute atomic E-state index is 10.6. The fourth-order valence-corrected chi connectivity index (χ4v) is 1.69. The maximum atomic E-state index is 10.6. The number of halogens is 1. The molecule has 0 amide bonds. The van der Waals surface area contributed by atoms with Gasteiger partial charge in [-0.2, -0.15) is 0 Å². The van der Waals surface area contributed by atoms with Gasteiger partial charge >= 0.3 is 0 Å². The van der Waals surface area contributed by atoms with Gasteiger partial charge in [-0.15, -0.1) is 0 Å². The molecule has 1 heterocycles. The average Bonchev–Trinajstić information content (AvgIpc) is 2.48. The standard InChI is InChI=1S/C12H9ClN4O4/c13-9-5-7(17(19)20)1-2-11(9)21-8-3-4-15-10(6-8)12(14)16-18/h1-6,18H,(H2,14,16). The Hall–Kier alpha value is -2.87. The summed E-state index contributed by atoms with van der Waals surface area (Å²) in [5.41, 5.74) is 5.50. The van der Waals surface area contributed by atoms with E-state index < -0.39 is 4.92 Å². The highest BCUT2D eigenvalue weighted by molar-refractivity contribution is 6.32. The summed E-state index contributed by atoms with van der Waals surface area (Å²) in [6.07, 6.45) is 1.40. The molecule has 0 aliphatic heterocycles. The molecule has 1 aromatic heterocycles. The number of non-ortho nitro benzene ring substituents is 1. The first-order chi connectivity index (χ1) is 10.0. The number of rotatable bonds is 4. The average molecular weight is 309 g/mol. The number of nitrogens with zero attached hydrogens (tertiary/aromatic N) is 3. The van der Waals surface area contributed by atoms with Crippen LogP contribution in [0, 0.1) is 10.1 Å². The molecular formula is C12H9ClN4O4. The molecule has 3 N–H and O–H groups in total. The van der Waals surface area contributed by atoms with Crippen molar-refractivity contribution in [1.82, 2.24) is 4.98 Å². The molecule has 0 fully saturated rings. The van der Waals surface area contributed by atoms with Crippen molar-refractivity contribution in [2.24, 2.45) is 10.9 Å². The second-order valence-electron chi connectivity index (χ2n) is 3.84. The molecule has 0 saturated heterocycles. The first kappa shape index (κ1) is 14.5. The molecule has 108 valence electrons. The van der Waals surface area contributed by atoms with E-state index in [2.05, 4.69) is 10.1 Å². The minimum atomic E-state index is -0.557. The van der Waals surface area contributed by atoms with Gasteiger partial charge in [0.25, 0.3) is 5.69 Å². The number of amidine groups is 1. The van der Waals surface area contributed by atoms with E-state index in [-0.39, 0.29) is 28.0 Å². The first-order valence-corrected chi connectivity index (χ1v) is 5.95. The molecule has 2 aromatic rings. The summed E-state index contributed by atoms with van der Waals surface area (Å²) in [5.74, 6) is 0.400. The Balaban J connectivity index is 2.28. The highest BCUT2D eigenvalue weighted by atomic mass is 35.5. The number of hydrogen-bond donors (Lipinski definition) is 2. The Kier molecular flexibility index (Phi) is 4.19. The number of pyridine rings is 1. The van der Waals surface area contributed by atoms with E-state index in [1.54, 1.807) is 0 Å². The number of nitro groups is 1. The predicted molar refractivity (Wildman–Crippen MR) is 74.9 cm³/mol. The Bertz CT molecular complexity index is 720. The Morgan fingerprint density at radius 2 is 2.19 bits per heavy atom. The number of nitrogens with two attached hydrogens (primary N) is 1. The van der Waals surface area contributed by atoms with Crippen LogP contribution in [0.2, 0.25) is 5.02 Å². The second kappa shape index (κ2) is 6.06. The number of hydrogen-bond acceptors (Lipinski definition) is 6. The lowest BCUT2D eigenvalue weighted by Gasteiger charge is -2.08. The number of benzene rings is 1. The largest absolute Gasteiger partial charge is 0.456 e. The lowest BCUT2D eigenvalue weighted by atomic mass is 10.3. The van der Waals surface area contributed by atoms with Gasteiger partial charge in [0.15, 0.2) is 5.84 Å². The van der Waals surface area contributed by atoms with Gasteiger partial charge in [-0.1, -0.05) is 16.8 Å². The lowest BCUT2D eigenvalue weighted by molar-refractivity contribution is -0.384. The Morgan fingerprint density at radius 1 is 1.43 bits per heavy atom. The molecule has 21 heavy (non-hydrogen) atoms. The van der Waals surface area contributed by atoms with Gasteiger partial charge in [-0.25, -0.2) is 0 Å². The van der Waals surface area contributed by atoms with Crippen LogP contribution in [0.1, 0.15) is 5.69 Å². The van der Waals surface area contributed by atoms with E-state index >= 15 is 0 Å². The number of aromatic nitrogens is 1. The maximum Gasteiger partial charge on any atom is 0.271 e. The predicted octanol–water partition coefficient (Wildman–Crippen LogP) is 2.53. The monoisotopic (exact) mass is 308 g/mol. The molecule has 0 bridgehead atoms. The third-order valence-electron chi connectivity index (χ3n) is 2.46. The zero-order valence-electron chi connectivity index (χ0n) is 10.4. The van der Waals surface area contributed by atoms with Gasteiger partial charge in [0, 0.05) is 24.4 Å². The van der Waals surface area contributed by atoms with E-state index in [1.807, 2.05) is 0 Å². The fourth-order valence-electron chi connectivity index (χ4n) is 1.48. The van der Waals surface area contributed by atoms with Crippen LogP contribution in [-0.2, 0) is 0 Å². The third-order valence-corrected chi connectivity index (χ3v) is 2.75. The summed E-state index contributed by atoms with van der Waals surface area (Å²) in [4.78, 5) is 14.0. The third kappa shape index (κ3) is 3.37. The van der Waals surface area contributed by atoms with Crippen LogP contribution >= 0.6 is 11.6 Å². The SMILES string of the molecule is NC(=NO)c1cc(Oc2ccc([N+](=O)[O-])cc2Cl)ccn1. The van der Waals surface area contributed by atoms with Crippen molar-refractivity contribution in [1.29, 1.82) is 0 Å². The highest BCUT2D eigenvalue weighted by Gasteiger charge is 2.11. The van der Waals surface area contributed by atoms with Crippen LogP contribution in [-0.4, -0.2) is 21.0 Å². The van der Waals surface area contributed by atoms with Crippen molar-refractivity contribution in [3.8, 4) is 11.5 Å². The molecule has 2 rings (SSSR count). The van der Waals surface area contributed by atoms with Gasteiger partial charge in [0.2, 0.25) is 0 Å². The van der Waals surface area contributed by atoms with E-state index in [4.69, 9.17) is 27.3 Å². The molecule has 0 aliphatic rings. The topological polar surface area (TPSA) is 124 Å². The lowest BCUT2D eigenvalue weighted by Crippen LogP contribution is -2.14. The minimum Gasteiger partial charge on any atom is -0.456 e. The molecule has 0 atom stereocenters. The highest BCUT2D eigenvalue weighted by Crippen LogP contribution is 2.32. The molecule has 9 heteroatoms. The summed E-state index contributed by atoms with van der Waals surface area (Å²) in [7, 11) is 0. The van der Waals surface area contributed by atoms with E-state index in [1.165, 1.54) is 36.5 Å². The molecule has 0 spiro atoms. The van der Waals surface area contributed by atoms with Crippen LogP contribution in [0.4, 0.5) is 5.69 Å². The summed E-state index contributed by atoms with van der Waals surface area (Å²) in [5, 5.41) is 22.1.